The van der Waals surface area contributed by atoms with Crippen molar-refractivity contribution in [2.75, 3.05) is 6.61 Å². The van der Waals surface area contributed by atoms with Crippen molar-refractivity contribution in [3.05, 3.63) is 51.5 Å². The fraction of sp³-hybridized carbons (Fsp3) is 0.200. The van der Waals surface area contributed by atoms with E-state index in [2.05, 4.69) is 11.8 Å². The monoisotopic (exact) mass is 276 g/mol. The molecule has 0 radical (unpaired) electrons. The van der Waals surface area contributed by atoms with Crippen LogP contribution in [0, 0.1) is 24.6 Å². The van der Waals surface area contributed by atoms with Gasteiger partial charge in [0.05, 0.1) is 0 Å². The molecule has 98 valence electrons. The number of benzene rings is 1. The number of ether oxygens (including phenoxy) is 1. The summed E-state index contributed by atoms with van der Waals surface area (Å²) in [4.78, 5) is 1.03. The Kier molecular flexibility index (Phi) is 4.56. The van der Waals surface area contributed by atoms with Crippen LogP contribution in [0.4, 0.5) is 4.39 Å². The van der Waals surface area contributed by atoms with Crippen molar-refractivity contribution in [2.24, 2.45) is 0 Å². The lowest BCUT2D eigenvalue weighted by atomic mass is 10.2. The number of aliphatic hydroxyl groups excluding tert-OH is 1. The van der Waals surface area contributed by atoms with Crippen LogP contribution in [-0.4, -0.2) is 11.7 Å². The summed E-state index contributed by atoms with van der Waals surface area (Å²) in [6, 6.07) is 6.38. The number of rotatable bonds is 3. The van der Waals surface area contributed by atoms with Gasteiger partial charge in [-0.2, -0.15) is 0 Å². The Bertz CT molecular complexity index is 623. The molecule has 1 N–H and O–H groups in total. The number of halogens is 1. The quantitative estimate of drug-likeness (QED) is 0.873. The molecule has 2 rings (SSSR count). The molecule has 19 heavy (non-hydrogen) atoms. The fourth-order valence-corrected chi connectivity index (χ4v) is 2.31. The third-order valence-corrected chi connectivity index (χ3v) is 3.38. The van der Waals surface area contributed by atoms with Gasteiger partial charge in [-0.1, -0.05) is 11.8 Å². The third-order valence-electron chi connectivity index (χ3n) is 2.47. The molecular formula is C15H13FO2S. The molecule has 0 fully saturated rings. The van der Waals surface area contributed by atoms with E-state index in [9.17, 15) is 4.39 Å². The first-order valence-electron chi connectivity index (χ1n) is 5.75. The van der Waals surface area contributed by atoms with Gasteiger partial charge in [-0.05, 0) is 36.8 Å². The fourth-order valence-electron chi connectivity index (χ4n) is 1.59. The maximum absolute atomic E-state index is 12.9. The third kappa shape index (κ3) is 3.82. The number of hydrogen-bond acceptors (Lipinski definition) is 3. The minimum atomic E-state index is -0.262. The Labute approximate surface area is 115 Å². The largest absolute Gasteiger partial charge is 0.488 e. The van der Waals surface area contributed by atoms with Crippen LogP contribution in [0.5, 0.6) is 5.75 Å². The topological polar surface area (TPSA) is 29.5 Å². The van der Waals surface area contributed by atoms with E-state index in [1.807, 2.05) is 18.4 Å². The normalized spacial score (nSPS) is 9.84. The Morgan fingerprint density at radius 1 is 1.37 bits per heavy atom. The molecular weight excluding hydrogens is 263 g/mol. The highest BCUT2D eigenvalue weighted by Crippen LogP contribution is 2.21. The van der Waals surface area contributed by atoms with E-state index < -0.39 is 0 Å². The van der Waals surface area contributed by atoms with E-state index in [4.69, 9.17) is 9.84 Å². The molecule has 1 heterocycles. The van der Waals surface area contributed by atoms with Crippen LogP contribution in [-0.2, 0) is 6.61 Å². The lowest BCUT2D eigenvalue weighted by Crippen LogP contribution is -1.95. The molecule has 0 atom stereocenters. The molecule has 0 aliphatic carbocycles. The maximum atomic E-state index is 12.9. The van der Waals surface area contributed by atoms with Gasteiger partial charge in [0.1, 0.15) is 24.8 Å². The summed E-state index contributed by atoms with van der Waals surface area (Å²) >= 11 is 1.55. The molecule has 0 aliphatic rings. The molecule has 2 nitrogen and oxygen atoms in total. The highest BCUT2D eigenvalue weighted by Gasteiger charge is 2.03. The lowest BCUT2D eigenvalue weighted by Gasteiger charge is -2.07. The van der Waals surface area contributed by atoms with Crippen LogP contribution >= 0.6 is 11.3 Å². The van der Waals surface area contributed by atoms with Crippen LogP contribution in [0.15, 0.2) is 29.6 Å². The first kappa shape index (κ1) is 13.6. The second-order valence-corrected chi connectivity index (χ2v) is 4.96. The number of aryl methyl sites for hydroxylation is 1. The standard InChI is InChI=1S/C15H13FO2S/c1-11-7-13(16)4-5-15(11)18-9-14-8-12(10-19-14)3-2-6-17/h4-5,7-8,10,17H,6,9H2,1H3. The van der Waals surface area contributed by atoms with Gasteiger partial charge in [0.2, 0.25) is 0 Å². The first-order chi connectivity index (χ1) is 9.19. The molecule has 0 amide bonds. The molecule has 0 aliphatic heterocycles. The Balaban J connectivity index is 2.00. The summed E-state index contributed by atoms with van der Waals surface area (Å²) in [6.07, 6.45) is 0. The zero-order valence-electron chi connectivity index (χ0n) is 10.4. The molecule has 0 spiro atoms. The predicted molar refractivity (Wildman–Crippen MR) is 73.8 cm³/mol. The minimum Gasteiger partial charge on any atom is -0.488 e. The van der Waals surface area contributed by atoms with Crippen molar-refractivity contribution >= 4 is 11.3 Å². The Hall–Kier alpha value is -1.83. The van der Waals surface area contributed by atoms with Crippen molar-refractivity contribution < 1.29 is 14.2 Å². The second-order valence-electron chi connectivity index (χ2n) is 3.96. The molecule has 0 saturated carbocycles. The van der Waals surface area contributed by atoms with Crippen molar-refractivity contribution in [3.63, 3.8) is 0 Å². The van der Waals surface area contributed by atoms with Crippen molar-refractivity contribution in [3.8, 4) is 17.6 Å². The van der Waals surface area contributed by atoms with Crippen LogP contribution in [0.25, 0.3) is 0 Å². The second kappa shape index (κ2) is 6.37. The van der Waals surface area contributed by atoms with Gasteiger partial charge in [0.15, 0.2) is 0 Å². The first-order valence-corrected chi connectivity index (χ1v) is 6.63. The van der Waals surface area contributed by atoms with Gasteiger partial charge in [0, 0.05) is 15.8 Å². The molecule has 1 aromatic heterocycles. The maximum Gasteiger partial charge on any atom is 0.123 e. The van der Waals surface area contributed by atoms with Crippen LogP contribution in [0.1, 0.15) is 16.0 Å². The SMILES string of the molecule is Cc1cc(F)ccc1OCc1cc(C#CCO)cs1. The number of hydrogen-bond donors (Lipinski definition) is 1. The van der Waals surface area contributed by atoms with Gasteiger partial charge in [0.25, 0.3) is 0 Å². The molecule has 0 bridgehead atoms. The Morgan fingerprint density at radius 2 is 2.21 bits per heavy atom. The van der Waals surface area contributed by atoms with Crippen molar-refractivity contribution in [1.29, 1.82) is 0 Å². The number of thiophene rings is 1. The van der Waals surface area contributed by atoms with Crippen LogP contribution in [0.3, 0.4) is 0 Å². The summed E-state index contributed by atoms with van der Waals surface area (Å²) in [5.74, 6) is 5.85. The smallest absolute Gasteiger partial charge is 0.123 e. The van der Waals surface area contributed by atoms with Crippen molar-refractivity contribution in [2.45, 2.75) is 13.5 Å². The van der Waals surface area contributed by atoms with E-state index >= 15 is 0 Å². The van der Waals surface area contributed by atoms with Crippen molar-refractivity contribution in [1.82, 2.24) is 0 Å². The van der Waals surface area contributed by atoms with E-state index in [1.54, 1.807) is 17.4 Å². The summed E-state index contributed by atoms with van der Waals surface area (Å²) in [5, 5.41) is 10.5. The molecule has 1 aromatic carbocycles. The summed E-state index contributed by atoms with van der Waals surface area (Å²) in [6.45, 7) is 2.10. The van der Waals surface area contributed by atoms with Gasteiger partial charge in [-0.25, -0.2) is 4.39 Å². The lowest BCUT2D eigenvalue weighted by molar-refractivity contribution is 0.307. The molecule has 4 heteroatoms. The van der Waals surface area contributed by atoms with E-state index in [0.29, 0.717) is 12.4 Å². The van der Waals surface area contributed by atoms with Gasteiger partial charge < -0.3 is 9.84 Å². The van der Waals surface area contributed by atoms with Gasteiger partial charge >= 0.3 is 0 Å². The zero-order valence-corrected chi connectivity index (χ0v) is 11.3. The van der Waals surface area contributed by atoms with E-state index in [0.717, 1.165) is 16.0 Å². The van der Waals surface area contributed by atoms with E-state index in [-0.39, 0.29) is 12.4 Å². The van der Waals surface area contributed by atoms with Gasteiger partial charge in [-0.15, -0.1) is 11.3 Å². The average Bonchev–Trinajstić information content (AvgIpc) is 2.83. The zero-order chi connectivity index (χ0) is 13.7. The Morgan fingerprint density at radius 3 is 2.95 bits per heavy atom. The summed E-state index contributed by atoms with van der Waals surface area (Å²) < 4.78 is 18.6. The molecule has 0 saturated heterocycles. The van der Waals surface area contributed by atoms with Gasteiger partial charge in [-0.3, -0.25) is 0 Å². The predicted octanol–water partition coefficient (Wildman–Crippen LogP) is 3.12. The van der Waals surface area contributed by atoms with Crippen LogP contribution < -0.4 is 4.74 Å². The molecule has 0 unspecified atom stereocenters. The highest BCUT2D eigenvalue weighted by molar-refractivity contribution is 7.10. The minimum absolute atomic E-state index is 0.142. The highest BCUT2D eigenvalue weighted by atomic mass is 32.1. The number of aliphatic hydroxyl groups is 1. The van der Waals surface area contributed by atoms with Crippen LogP contribution in [0.2, 0.25) is 0 Å². The molecule has 2 aromatic rings. The average molecular weight is 276 g/mol. The summed E-state index contributed by atoms with van der Waals surface area (Å²) in [5.41, 5.74) is 1.64. The summed E-state index contributed by atoms with van der Waals surface area (Å²) in [7, 11) is 0. The van der Waals surface area contributed by atoms with E-state index in [1.165, 1.54) is 12.1 Å².